The zero-order valence-electron chi connectivity index (χ0n) is 9.53. The molecule has 0 spiro atoms. The third kappa shape index (κ3) is 2.70. The Kier molecular flexibility index (Phi) is 3.68. The first-order chi connectivity index (χ1) is 8.52. The lowest BCUT2D eigenvalue weighted by atomic mass is 10.0. The van der Waals surface area contributed by atoms with Crippen LogP contribution < -0.4 is 5.32 Å². The molecule has 1 aromatic heterocycles. The van der Waals surface area contributed by atoms with Crippen LogP contribution in [-0.4, -0.2) is 12.0 Å². The van der Waals surface area contributed by atoms with Crippen molar-refractivity contribution in [1.82, 2.24) is 10.3 Å². The van der Waals surface area contributed by atoms with Crippen LogP contribution in [0.3, 0.4) is 0 Å². The Morgan fingerprint density at radius 1 is 1.33 bits per heavy atom. The standard InChI is InChI=1S/C12H11F3N2S/c1-16-10(11-17-5-6-18-11)8-3-2-4-9(7-8)12(13,14)15/h2-7,10,16H,1H3. The lowest BCUT2D eigenvalue weighted by molar-refractivity contribution is -0.137. The van der Waals surface area contributed by atoms with Gasteiger partial charge in [-0.25, -0.2) is 4.98 Å². The molecule has 2 rings (SSSR count). The van der Waals surface area contributed by atoms with Crippen LogP contribution in [-0.2, 0) is 6.18 Å². The minimum absolute atomic E-state index is 0.313. The molecule has 0 saturated carbocycles. The number of rotatable bonds is 3. The van der Waals surface area contributed by atoms with Crippen LogP contribution in [0.2, 0.25) is 0 Å². The highest BCUT2D eigenvalue weighted by atomic mass is 32.1. The van der Waals surface area contributed by atoms with Gasteiger partial charge in [0.25, 0.3) is 0 Å². The number of halogens is 3. The second-order valence-electron chi connectivity index (χ2n) is 3.72. The molecule has 0 aliphatic rings. The molecule has 0 bridgehead atoms. The number of aromatic nitrogens is 1. The van der Waals surface area contributed by atoms with Crippen LogP contribution in [0.25, 0.3) is 0 Å². The van der Waals surface area contributed by atoms with Crippen LogP contribution >= 0.6 is 11.3 Å². The molecule has 1 atom stereocenters. The molecule has 0 saturated heterocycles. The van der Waals surface area contributed by atoms with Crippen molar-refractivity contribution in [2.75, 3.05) is 7.05 Å². The van der Waals surface area contributed by atoms with Gasteiger partial charge < -0.3 is 5.32 Å². The lowest BCUT2D eigenvalue weighted by Crippen LogP contribution is -2.18. The molecule has 96 valence electrons. The van der Waals surface area contributed by atoms with Crippen molar-refractivity contribution >= 4 is 11.3 Å². The van der Waals surface area contributed by atoms with Crippen LogP contribution in [0.5, 0.6) is 0 Å². The molecule has 0 aliphatic heterocycles. The van der Waals surface area contributed by atoms with Gasteiger partial charge in [-0.05, 0) is 24.7 Å². The van der Waals surface area contributed by atoms with Gasteiger partial charge in [-0.3, -0.25) is 0 Å². The zero-order chi connectivity index (χ0) is 13.2. The number of nitrogens with zero attached hydrogens (tertiary/aromatic N) is 1. The Balaban J connectivity index is 2.38. The molecule has 18 heavy (non-hydrogen) atoms. The van der Waals surface area contributed by atoms with E-state index in [9.17, 15) is 13.2 Å². The number of nitrogens with one attached hydrogen (secondary N) is 1. The molecule has 1 N–H and O–H groups in total. The Labute approximate surface area is 106 Å². The Morgan fingerprint density at radius 3 is 2.67 bits per heavy atom. The molecule has 0 aliphatic carbocycles. The minimum Gasteiger partial charge on any atom is -0.307 e. The Morgan fingerprint density at radius 2 is 2.11 bits per heavy atom. The first-order valence-corrected chi connectivity index (χ1v) is 6.14. The van der Waals surface area contributed by atoms with E-state index in [0.717, 1.165) is 17.1 Å². The molecule has 0 radical (unpaired) electrons. The fourth-order valence-corrected chi connectivity index (χ4v) is 2.48. The van der Waals surface area contributed by atoms with Gasteiger partial charge in [-0.1, -0.05) is 12.1 Å². The van der Waals surface area contributed by atoms with Gasteiger partial charge in [0, 0.05) is 11.6 Å². The first-order valence-electron chi connectivity index (χ1n) is 5.26. The highest BCUT2D eigenvalue weighted by Crippen LogP contribution is 2.32. The van der Waals surface area contributed by atoms with E-state index < -0.39 is 11.7 Å². The third-order valence-electron chi connectivity index (χ3n) is 2.53. The van der Waals surface area contributed by atoms with Crippen molar-refractivity contribution in [2.24, 2.45) is 0 Å². The smallest absolute Gasteiger partial charge is 0.307 e. The summed E-state index contributed by atoms with van der Waals surface area (Å²) in [7, 11) is 1.70. The summed E-state index contributed by atoms with van der Waals surface area (Å²) >= 11 is 1.41. The van der Waals surface area contributed by atoms with E-state index in [1.807, 2.05) is 0 Å². The highest BCUT2D eigenvalue weighted by Gasteiger charge is 2.31. The molecule has 1 heterocycles. The maximum atomic E-state index is 12.6. The number of alkyl halides is 3. The monoisotopic (exact) mass is 272 g/mol. The molecule has 2 nitrogen and oxygen atoms in total. The van der Waals surface area contributed by atoms with Gasteiger partial charge in [0.05, 0.1) is 11.6 Å². The molecule has 2 aromatic rings. The highest BCUT2D eigenvalue weighted by molar-refractivity contribution is 7.09. The largest absolute Gasteiger partial charge is 0.416 e. The van der Waals surface area contributed by atoms with Gasteiger partial charge in [-0.15, -0.1) is 11.3 Å². The summed E-state index contributed by atoms with van der Waals surface area (Å²) in [6, 6.07) is 4.99. The number of hydrogen-bond acceptors (Lipinski definition) is 3. The summed E-state index contributed by atoms with van der Waals surface area (Å²) in [6.45, 7) is 0. The van der Waals surface area contributed by atoms with Crippen LogP contribution in [0, 0.1) is 0 Å². The number of benzene rings is 1. The topological polar surface area (TPSA) is 24.9 Å². The minimum atomic E-state index is -4.32. The normalized spacial score (nSPS) is 13.6. The Hall–Kier alpha value is -1.40. The van der Waals surface area contributed by atoms with E-state index in [1.165, 1.54) is 17.4 Å². The quantitative estimate of drug-likeness (QED) is 0.925. The second-order valence-corrected chi connectivity index (χ2v) is 4.64. The second kappa shape index (κ2) is 5.07. The molecular formula is C12H11F3N2S. The molecule has 0 amide bonds. The molecular weight excluding hydrogens is 261 g/mol. The predicted molar refractivity (Wildman–Crippen MR) is 64.5 cm³/mol. The van der Waals surface area contributed by atoms with Crippen LogP contribution in [0.15, 0.2) is 35.8 Å². The zero-order valence-corrected chi connectivity index (χ0v) is 10.3. The van der Waals surface area contributed by atoms with Crippen molar-refractivity contribution in [3.05, 3.63) is 52.0 Å². The average molecular weight is 272 g/mol. The summed E-state index contributed by atoms with van der Waals surface area (Å²) in [5.74, 6) is 0. The predicted octanol–water partition coefficient (Wildman–Crippen LogP) is 3.47. The average Bonchev–Trinajstić information content (AvgIpc) is 2.83. The van der Waals surface area contributed by atoms with Gasteiger partial charge >= 0.3 is 6.18 Å². The maximum Gasteiger partial charge on any atom is 0.416 e. The van der Waals surface area contributed by atoms with E-state index in [1.54, 1.807) is 24.7 Å². The van der Waals surface area contributed by atoms with Gasteiger partial charge in [0.2, 0.25) is 0 Å². The van der Waals surface area contributed by atoms with Gasteiger partial charge in [0.15, 0.2) is 0 Å². The van der Waals surface area contributed by atoms with Gasteiger partial charge in [0.1, 0.15) is 5.01 Å². The fourth-order valence-electron chi connectivity index (χ4n) is 1.70. The summed E-state index contributed by atoms with van der Waals surface area (Å²) in [6.07, 6.45) is -2.69. The summed E-state index contributed by atoms with van der Waals surface area (Å²) in [4.78, 5) is 4.13. The Bertz CT molecular complexity index is 508. The van der Waals surface area contributed by atoms with E-state index in [2.05, 4.69) is 10.3 Å². The maximum absolute atomic E-state index is 12.6. The van der Waals surface area contributed by atoms with E-state index in [0.29, 0.717) is 5.56 Å². The van der Waals surface area contributed by atoms with Crippen molar-refractivity contribution in [3.63, 3.8) is 0 Å². The summed E-state index contributed by atoms with van der Waals surface area (Å²) < 4.78 is 37.9. The fraction of sp³-hybridized carbons (Fsp3) is 0.250. The number of thiazole rings is 1. The van der Waals surface area contributed by atoms with Crippen molar-refractivity contribution in [1.29, 1.82) is 0 Å². The SMILES string of the molecule is CNC(c1cccc(C(F)(F)F)c1)c1nccs1. The van der Waals surface area contributed by atoms with Gasteiger partial charge in [-0.2, -0.15) is 13.2 Å². The molecule has 0 fully saturated rings. The summed E-state index contributed by atoms with van der Waals surface area (Å²) in [5, 5.41) is 5.53. The van der Waals surface area contributed by atoms with Crippen LogP contribution in [0.1, 0.15) is 22.2 Å². The van der Waals surface area contributed by atoms with E-state index in [-0.39, 0.29) is 6.04 Å². The molecule has 1 unspecified atom stereocenters. The first kappa shape index (κ1) is 13.0. The number of hydrogen-bond donors (Lipinski definition) is 1. The van der Waals surface area contributed by atoms with E-state index >= 15 is 0 Å². The van der Waals surface area contributed by atoms with Crippen LogP contribution in [0.4, 0.5) is 13.2 Å². The molecule has 6 heteroatoms. The third-order valence-corrected chi connectivity index (χ3v) is 3.37. The molecule has 1 aromatic carbocycles. The van der Waals surface area contributed by atoms with Crippen molar-refractivity contribution in [2.45, 2.75) is 12.2 Å². The summed E-state index contributed by atoms with van der Waals surface area (Å²) in [5.41, 5.74) is -0.0842. The lowest BCUT2D eigenvalue weighted by Gasteiger charge is -2.15. The van der Waals surface area contributed by atoms with Crippen molar-refractivity contribution < 1.29 is 13.2 Å². The van der Waals surface area contributed by atoms with E-state index in [4.69, 9.17) is 0 Å². The van der Waals surface area contributed by atoms with Crippen molar-refractivity contribution in [3.8, 4) is 0 Å².